The molecule has 5 nitrogen and oxygen atoms in total. The Labute approximate surface area is 216 Å². The Morgan fingerprint density at radius 1 is 0.865 bits per heavy atom. The van der Waals surface area contributed by atoms with Gasteiger partial charge >= 0.3 is 0 Å². The maximum absolute atomic E-state index is 13.7. The van der Waals surface area contributed by atoms with E-state index < -0.39 is 0 Å². The lowest BCUT2D eigenvalue weighted by atomic mass is 10.00. The van der Waals surface area contributed by atoms with Crippen LogP contribution >= 0.6 is 0 Å². The van der Waals surface area contributed by atoms with Crippen LogP contribution in [0.2, 0.25) is 0 Å². The SMILES string of the molecule is O=C(c1ccc2n[nH]c(C#Cc3ccccc3-c3ccccc3)c2c1)N1CCNC[C@H]1c1ccccc1. The number of benzene rings is 4. The molecule has 0 spiro atoms. The molecule has 0 bridgehead atoms. The monoisotopic (exact) mass is 482 g/mol. The van der Waals surface area contributed by atoms with Crippen LogP contribution in [0.3, 0.4) is 0 Å². The van der Waals surface area contributed by atoms with Gasteiger partial charge in [0.25, 0.3) is 5.91 Å². The van der Waals surface area contributed by atoms with Gasteiger partial charge in [0.1, 0.15) is 5.69 Å². The van der Waals surface area contributed by atoms with Gasteiger partial charge in [0, 0.05) is 36.1 Å². The van der Waals surface area contributed by atoms with Crippen LogP contribution in [0.15, 0.2) is 103 Å². The van der Waals surface area contributed by atoms with Crippen molar-refractivity contribution in [1.82, 2.24) is 20.4 Å². The van der Waals surface area contributed by atoms with E-state index in [0.717, 1.165) is 46.2 Å². The number of hydrogen-bond donors (Lipinski definition) is 2. The van der Waals surface area contributed by atoms with E-state index in [9.17, 15) is 4.79 Å². The summed E-state index contributed by atoms with van der Waals surface area (Å²) in [7, 11) is 0. The number of nitrogens with zero attached hydrogens (tertiary/aromatic N) is 2. The van der Waals surface area contributed by atoms with Crippen molar-refractivity contribution >= 4 is 16.8 Å². The third-order valence-corrected chi connectivity index (χ3v) is 6.82. The Bertz CT molecular complexity index is 1610. The van der Waals surface area contributed by atoms with E-state index in [1.165, 1.54) is 0 Å². The molecule has 4 aromatic carbocycles. The summed E-state index contributed by atoms with van der Waals surface area (Å²) in [4.78, 5) is 15.6. The lowest BCUT2D eigenvalue weighted by molar-refractivity contribution is 0.0634. The van der Waals surface area contributed by atoms with Gasteiger partial charge in [0.15, 0.2) is 0 Å². The minimum absolute atomic E-state index is 0.00348. The van der Waals surface area contributed by atoms with E-state index in [0.29, 0.717) is 17.8 Å². The summed E-state index contributed by atoms with van der Waals surface area (Å²) in [6, 6.07) is 34.2. The standard InChI is InChI=1S/C32H26N4O/c37-32(36-20-19-33-22-31(36)25-12-5-2-6-13-25)26-16-18-30-28(21-26)29(34-35-30)17-15-24-11-7-8-14-27(24)23-9-3-1-4-10-23/h1-14,16,18,21,31,33H,19-20,22H2,(H,34,35)/t31-/m0/s1. The van der Waals surface area contributed by atoms with Crippen molar-refractivity contribution in [3.8, 4) is 23.0 Å². The highest BCUT2D eigenvalue weighted by Gasteiger charge is 2.28. The summed E-state index contributed by atoms with van der Waals surface area (Å²) in [5.74, 6) is 6.61. The zero-order valence-corrected chi connectivity index (χ0v) is 20.3. The van der Waals surface area contributed by atoms with Gasteiger partial charge in [0.05, 0.1) is 11.6 Å². The number of carbonyl (C=O) groups is 1. The predicted octanol–water partition coefficient (Wildman–Crippen LogP) is 5.42. The first-order valence-electron chi connectivity index (χ1n) is 12.5. The molecular formula is C32H26N4O. The zero-order chi connectivity index (χ0) is 25.0. The average Bonchev–Trinajstić information content (AvgIpc) is 3.39. The molecule has 1 aliphatic heterocycles. The quantitative estimate of drug-likeness (QED) is 0.338. The first kappa shape index (κ1) is 22.8. The van der Waals surface area contributed by atoms with Gasteiger partial charge < -0.3 is 10.2 Å². The molecule has 0 unspecified atom stereocenters. The first-order chi connectivity index (χ1) is 18.3. The van der Waals surface area contributed by atoms with E-state index in [1.807, 2.05) is 77.7 Å². The topological polar surface area (TPSA) is 61.0 Å². The van der Waals surface area contributed by atoms with Crippen molar-refractivity contribution in [1.29, 1.82) is 0 Å². The van der Waals surface area contributed by atoms with Crippen molar-refractivity contribution in [3.05, 3.63) is 126 Å². The second kappa shape index (κ2) is 10.1. The fourth-order valence-electron chi connectivity index (χ4n) is 4.92. The minimum Gasteiger partial charge on any atom is -0.329 e. The Morgan fingerprint density at radius 2 is 1.62 bits per heavy atom. The Balaban J connectivity index is 1.33. The Morgan fingerprint density at radius 3 is 2.46 bits per heavy atom. The van der Waals surface area contributed by atoms with Crippen LogP contribution < -0.4 is 5.32 Å². The van der Waals surface area contributed by atoms with E-state index in [2.05, 4.69) is 57.7 Å². The molecule has 2 N–H and O–H groups in total. The van der Waals surface area contributed by atoms with Gasteiger partial charge in [0.2, 0.25) is 0 Å². The number of H-pyrrole nitrogens is 1. The van der Waals surface area contributed by atoms with Gasteiger partial charge in [-0.25, -0.2) is 0 Å². The maximum atomic E-state index is 13.7. The molecule has 1 atom stereocenters. The largest absolute Gasteiger partial charge is 0.329 e. The summed E-state index contributed by atoms with van der Waals surface area (Å²) in [6.45, 7) is 2.17. The minimum atomic E-state index is -0.00348. The molecule has 5 heteroatoms. The number of piperazine rings is 1. The summed E-state index contributed by atoms with van der Waals surface area (Å²) in [5.41, 5.74) is 6.42. The average molecular weight is 483 g/mol. The summed E-state index contributed by atoms with van der Waals surface area (Å²) < 4.78 is 0. The lowest BCUT2D eigenvalue weighted by Gasteiger charge is -2.36. The summed E-state index contributed by atoms with van der Waals surface area (Å²) >= 11 is 0. The van der Waals surface area contributed by atoms with E-state index in [-0.39, 0.29) is 11.9 Å². The highest BCUT2D eigenvalue weighted by atomic mass is 16.2. The van der Waals surface area contributed by atoms with Crippen LogP contribution in [-0.2, 0) is 0 Å². The molecule has 0 aliphatic carbocycles. The third kappa shape index (κ3) is 4.63. The van der Waals surface area contributed by atoms with E-state index in [1.54, 1.807) is 0 Å². The van der Waals surface area contributed by atoms with Gasteiger partial charge in [-0.05, 0) is 46.9 Å². The Kier molecular flexibility index (Phi) is 6.24. The second-order valence-corrected chi connectivity index (χ2v) is 9.12. The highest BCUT2D eigenvalue weighted by molar-refractivity contribution is 5.99. The number of carbonyl (C=O) groups excluding carboxylic acids is 1. The zero-order valence-electron chi connectivity index (χ0n) is 20.3. The smallest absolute Gasteiger partial charge is 0.254 e. The number of amides is 1. The highest BCUT2D eigenvalue weighted by Crippen LogP contribution is 2.26. The first-order valence-corrected chi connectivity index (χ1v) is 12.5. The summed E-state index contributed by atoms with van der Waals surface area (Å²) in [5, 5.41) is 11.8. The predicted molar refractivity (Wildman–Crippen MR) is 147 cm³/mol. The Hall–Kier alpha value is -4.66. The van der Waals surface area contributed by atoms with Gasteiger partial charge in [-0.3, -0.25) is 9.89 Å². The molecule has 1 amide bonds. The fraction of sp³-hybridized carbons (Fsp3) is 0.125. The molecule has 0 saturated carbocycles. The van der Waals surface area contributed by atoms with Gasteiger partial charge in [-0.15, -0.1) is 0 Å². The van der Waals surface area contributed by atoms with Crippen LogP contribution in [0, 0.1) is 11.8 Å². The molecule has 1 saturated heterocycles. The molecule has 180 valence electrons. The van der Waals surface area contributed by atoms with Crippen molar-refractivity contribution in [3.63, 3.8) is 0 Å². The van der Waals surface area contributed by atoms with Gasteiger partial charge in [-0.2, -0.15) is 5.10 Å². The van der Waals surface area contributed by atoms with Crippen LogP contribution in [0.4, 0.5) is 0 Å². The van der Waals surface area contributed by atoms with Crippen LogP contribution in [-0.4, -0.2) is 40.6 Å². The molecule has 1 aromatic heterocycles. The number of hydrogen-bond acceptors (Lipinski definition) is 3. The second-order valence-electron chi connectivity index (χ2n) is 9.12. The number of rotatable bonds is 3. The van der Waals surface area contributed by atoms with E-state index in [4.69, 9.17) is 0 Å². The molecule has 0 radical (unpaired) electrons. The van der Waals surface area contributed by atoms with Crippen molar-refractivity contribution in [2.45, 2.75) is 6.04 Å². The molecule has 37 heavy (non-hydrogen) atoms. The lowest BCUT2D eigenvalue weighted by Crippen LogP contribution is -2.48. The number of fused-ring (bicyclic) bond motifs is 1. The number of aromatic amines is 1. The molecular weight excluding hydrogens is 456 g/mol. The maximum Gasteiger partial charge on any atom is 0.254 e. The van der Waals surface area contributed by atoms with E-state index >= 15 is 0 Å². The van der Waals surface area contributed by atoms with Crippen LogP contribution in [0.1, 0.15) is 33.2 Å². The number of nitrogens with one attached hydrogen (secondary N) is 2. The number of aromatic nitrogens is 2. The van der Waals surface area contributed by atoms with Crippen LogP contribution in [0.5, 0.6) is 0 Å². The normalized spacial score (nSPS) is 15.2. The molecule has 1 fully saturated rings. The summed E-state index contributed by atoms with van der Waals surface area (Å²) in [6.07, 6.45) is 0. The third-order valence-electron chi connectivity index (χ3n) is 6.82. The molecule has 1 aliphatic rings. The van der Waals surface area contributed by atoms with Crippen LogP contribution in [0.25, 0.3) is 22.0 Å². The van der Waals surface area contributed by atoms with Crippen molar-refractivity contribution in [2.75, 3.05) is 19.6 Å². The van der Waals surface area contributed by atoms with Crippen molar-refractivity contribution in [2.24, 2.45) is 0 Å². The van der Waals surface area contributed by atoms with Crippen molar-refractivity contribution < 1.29 is 4.79 Å². The fourth-order valence-corrected chi connectivity index (χ4v) is 4.92. The molecule has 6 rings (SSSR count). The van der Waals surface area contributed by atoms with Gasteiger partial charge in [-0.1, -0.05) is 84.8 Å². The molecule has 2 heterocycles. The molecule has 5 aromatic rings.